The lowest BCUT2D eigenvalue weighted by atomic mass is 9.82. The maximum atomic E-state index is 10.4. The molecular weight excluding hydrogens is 204 g/mol. The van der Waals surface area contributed by atoms with Gasteiger partial charge in [0.1, 0.15) is 0 Å². The van der Waals surface area contributed by atoms with Gasteiger partial charge in [0.2, 0.25) is 0 Å². The highest BCUT2D eigenvalue weighted by Gasteiger charge is 2.40. The summed E-state index contributed by atoms with van der Waals surface area (Å²) in [5, 5.41) is 11.1. The van der Waals surface area contributed by atoms with E-state index < -0.39 is 6.09 Å². The van der Waals surface area contributed by atoms with E-state index in [0.29, 0.717) is 17.9 Å². The molecule has 14 heavy (non-hydrogen) atoms. The minimum atomic E-state index is -0.903. The highest BCUT2D eigenvalue weighted by atomic mass is 35.5. The largest absolute Gasteiger partial charge is 0.465 e. The average Bonchev–Trinajstić information content (AvgIpc) is 2.33. The molecule has 0 aromatic heterocycles. The summed E-state index contributed by atoms with van der Waals surface area (Å²) in [6, 6.07) is 0.474. The topological polar surface area (TPSA) is 75.3 Å². The van der Waals surface area contributed by atoms with Crippen molar-refractivity contribution >= 4 is 18.5 Å². The van der Waals surface area contributed by atoms with E-state index in [1.54, 1.807) is 0 Å². The molecule has 2 rings (SSSR count). The average molecular weight is 221 g/mol. The lowest BCUT2D eigenvalue weighted by Gasteiger charge is -2.32. The van der Waals surface area contributed by atoms with Crippen molar-refractivity contribution < 1.29 is 9.90 Å². The van der Waals surface area contributed by atoms with E-state index in [1.165, 1.54) is 12.8 Å². The van der Waals surface area contributed by atoms with Gasteiger partial charge >= 0.3 is 6.09 Å². The first-order chi connectivity index (χ1) is 6.16. The Morgan fingerprint density at radius 1 is 1.29 bits per heavy atom. The Bertz CT molecular complexity index is 211. The van der Waals surface area contributed by atoms with Gasteiger partial charge < -0.3 is 16.2 Å². The Balaban J connectivity index is 0.000000980. The van der Waals surface area contributed by atoms with Gasteiger partial charge in [0.15, 0.2) is 0 Å². The Morgan fingerprint density at radius 3 is 2.21 bits per heavy atom. The van der Waals surface area contributed by atoms with E-state index in [4.69, 9.17) is 10.8 Å². The van der Waals surface area contributed by atoms with Crippen molar-refractivity contribution in [3.05, 3.63) is 0 Å². The molecule has 5 heteroatoms. The first-order valence-electron chi connectivity index (χ1n) is 4.92. The second kappa shape index (κ2) is 4.36. The van der Waals surface area contributed by atoms with Crippen LogP contribution in [-0.2, 0) is 0 Å². The molecule has 0 heterocycles. The lowest BCUT2D eigenvalue weighted by Crippen LogP contribution is -2.46. The number of nitrogens with one attached hydrogen (secondary N) is 1. The number of hydrogen-bond donors (Lipinski definition) is 3. The second-order valence-corrected chi connectivity index (χ2v) is 4.29. The number of rotatable bonds is 1. The monoisotopic (exact) mass is 220 g/mol. The SMILES string of the molecule is Cl.N[C@H]1[C@@H]2CC[C@H]1C[C@H](NC(=O)O)C2. The molecular formula is C9H17ClN2O2. The van der Waals surface area contributed by atoms with E-state index in [-0.39, 0.29) is 18.4 Å². The zero-order valence-electron chi connectivity index (χ0n) is 7.98. The Kier molecular flexibility index (Phi) is 3.61. The minimum Gasteiger partial charge on any atom is -0.465 e. The lowest BCUT2D eigenvalue weighted by molar-refractivity contribution is 0.176. The summed E-state index contributed by atoms with van der Waals surface area (Å²) in [5.74, 6) is 1.10. The number of amides is 1. The summed E-state index contributed by atoms with van der Waals surface area (Å²) < 4.78 is 0. The van der Waals surface area contributed by atoms with E-state index in [2.05, 4.69) is 5.32 Å². The van der Waals surface area contributed by atoms with Crippen LogP contribution < -0.4 is 11.1 Å². The summed E-state index contributed by atoms with van der Waals surface area (Å²) in [6.45, 7) is 0. The predicted molar refractivity (Wildman–Crippen MR) is 55.6 cm³/mol. The molecule has 4 atom stereocenters. The first kappa shape index (κ1) is 11.6. The predicted octanol–water partition coefficient (Wildman–Crippen LogP) is 1.19. The fraction of sp³-hybridized carbons (Fsp3) is 0.889. The van der Waals surface area contributed by atoms with E-state index >= 15 is 0 Å². The zero-order chi connectivity index (χ0) is 9.42. The van der Waals surface area contributed by atoms with Crippen LogP contribution in [0.4, 0.5) is 4.79 Å². The van der Waals surface area contributed by atoms with Crippen molar-refractivity contribution in [3.8, 4) is 0 Å². The molecule has 82 valence electrons. The summed E-state index contributed by atoms with van der Waals surface area (Å²) in [7, 11) is 0. The van der Waals surface area contributed by atoms with Crippen molar-refractivity contribution in [1.82, 2.24) is 5.32 Å². The van der Waals surface area contributed by atoms with Gasteiger partial charge in [-0.3, -0.25) is 0 Å². The van der Waals surface area contributed by atoms with Crippen LogP contribution in [0.5, 0.6) is 0 Å². The number of nitrogens with two attached hydrogens (primary N) is 1. The number of halogens is 1. The molecule has 4 N–H and O–H groups in total. The molecule has 0 unspecified atom stereocenters. The molecule has 2 saturated carbocycles. The molecule has 0 aromatic rings. The Morgan fingerprint density at radius 2 is 1.79 bits per heavy atom. The van der Waals surface area contributed by atoms with Gasteiger partial charge in [-0.2, -0.15) is 0 Å². The van der Waals surface area contributed by atoms with Crippen molar-refractivity contribution in [2.24, 2.45) is 17.6 Å². The fourth-order valence-corrected chi connectivity index (χ4v) is 2.87. The van der Waals surface area contributed by atoms with Gasteiger partial charge in [-0.15, -0.1) is 12.4 Å². The van der Waals surface area contributed by atoms with Gasteiger partial charge in [0.05, 0.1) is 0 Å². The molecule has 0 aromatic carbocycles. The Labute approximate surface area is 89.6 Å². The van der Waals surface area contributed by atoms with Crippen LogP contribution >= 0.6 is 12.4 Å². The smallest absolute Gasteiger partial charge is 0.404 e. The van der Waals surface area contributed by atoms with Crippen molar-refractivity contribution in [2.45, 2.75) is 37.8 Å². The normalized spacial score (nSPS) is 40.1. The molecule has 0 radical (unpaired) electrons. The summed E-state index contributed by atoms with van der Waals surface area (Å²) >= 11 is 0. The van der Waals surface area contributed by atoms with E-state index in [1.807, 2.05) is 0 Å². The fourth-order valence-electron chi connectivity index (χ4n) is 2.87. The zero-order valence-corrected chi connectivity index (χ0v) is 8.80. The summed E-state index contributed by atoms with van der Waals surface area (Å²) in [5.41, 5.74) is 6.00. The van der Waals surface area contributed by atoms with Gasteiger partial charge in [0, 0.05) is 12.1 Å². The second-order valence-electron chi connectivity index (χ2n) is 4.29. The molecule has 0 aliphatic heterocycles. The van der Waals surface area contributed by atoms with Crippen molar-refractivity contribution in [1.29, 1.82) is 0 Å². The quantitative estimate of drug-likeness (QED) is 0.622. The molecule has 0 spiro atoms. The van der Waals surface area contributed by atoms with Crippen molar-refractivity contribution in [2.75, 3.05) is 0 Å². The number of fused-ring (bicyclic) bond motifs is 2. The van der Waals surface area contributed by atoms with Crippen LogP contribution in [0.15, 0.2) is 0 Å². The Hall–Kier alpha value is -0.480. The number of hydrogen-bond acceptors (Lipinski definition) is 2. The summed E-state index contributed by atoms with van der Waals surface area (Å²) in [6.07, 6.45) is 3.33. The first-order valence-corrected chi connectivity index (χ1v) is 4.92. The molecule has 4 nitrogen and oxygen atoms in total. The minimum absolute atomic E-state index is 0. The molecule has 0 saturated heterocycles. The third-order valence-corrected chi connectivity index (χ3v) is 3.50. The maximum Gasteiger partial charge on any atom is 0.404 e. The van der Waals surface area contributed by atoms with Crippen LogP contribution in [0.3, 0.4) is 0 Å². The maximum absolute atomic E-state index is 10.4. The molecule has 2 bridgehead atoms. The van der Waals surface area contributed by atoms with Crippen LogP contribution in [0.25, 0.3) is 0 Å². The van der Waals surface area contributed by atoms with Crippen LogP contribution in [0, 0.1) is 11.8 Å². The molecule has 2 aliphatic rings. The van der Waals surface area contributed by atoms with Gasteiger partial charge in [-0.05, 0) is 37.5 Å². The molecule has 1 amide bonds. The number of carboxylic acid groups (broad SMARTS) is 1. The third kappa shape index (κ3) is 2.12. The summed E-state index contributed by atoms with van der Waals surface area (Å²) in [4.78, 5) is 10.4. The van der Waals surface area contributed by atoms with Crippen molar-refractivity contribution in [3.63, 3.8) is 0 Å². The van der Waals surface area contributed by atoms with Crippen LogP contribution in [0.1, 0.15) is 25.7 Å². The highest BCUT2D eigenvalue weighted by molar-refractivity contribution is 5.85. The third-order valence-electron chi connectivity index (χ3n) is 3.50. The van der Waals surface area contributed by atoms with Crippen LogP contribution in [-0.4, -0.2) is 23.3 Å². The molecule has 2 aliphatic carbocycles. The van der Waals surface area contributed by atoms with Gasteiger partial charge in [-0.25, -0.2) is 4.79 Å². The number of carbonyl (C=O) groups is 1. The standard InChI is InChI=1S/C9H16N2O2.ClH/c10-8-5-1-2-6(8)4-7(3-5)11-9(12)13;/h5-8,11H,1-4,10H2,(H,12,13);1H/t5-,6+,7-,8+;. The van der Waals surface area contributed by atoms with Gasteiger partial charge in [0.25, 0.3) is 0 Å². The van der Waals surface area contributed by atoms with E-state index in [0.717, 1.165) is 12.8 Å². The van der Waals surface area contributed by atoms with Gasteiger partial charge in [-0.1, -0.05) is 0 Å². The van der Waals surface area contributed by atoms with Crippen LogP contribution in [0.2, 0.25) is 0 Å². The molecule has 2 fully saturated rings. The highest BCUT2D eigenvalue weighted by Crippen LogP contribution is 2.41. The van der Waals surface area contributed by atoms with E-state index in [9.17, 15) is 4.79 Å².